The van der Waals surface area contributed by atoms with E-state index in [2.05, 4.69) is 5.32 Å². The van der Waals surface area contributed by atoms with E-state index in [1.165, 1.54) is 12.1 Å². The van der Waals surface area contributed by atoms with E-state index < -0.39 is 11.7 Å². The van der Waals surface area contributed by atoms with Gasteiger partial charge >= 0.3 is 6.18 Å². The van der Waals surface area contributed by atoms with E-state index in [0.717, 1.165) is 11.6 Å². The molecule has 0 fully saturated rings. The van der Waals surface area contributed by atoms with E-state index in [9.17, 15) is 13.2 Å². The molecule has 0 aliphatic carbocycles. The third-order valence-electron chi connectivity index (χ3n) is 2.74. The predicted molar refractivity (Wildman–Crippen MR) is 52.9 cm³/mol. The molecule has 5 heteroatoms. The summed E-state index contributed by atoms with van der Waals surface area (Å²) in [6, 6.07) is 3.63. The van der Waals surface area contributed by atoms with Gasteiger partial charge < -0.3 is 10.1 Å². The Morgan fingerprint density at radius 3 is 2.75 bits per heavy atom. The van der Waals surface area contributed by atoms with Crippen LogP contribution in [0.1, 0.15) is 22.7 Å². The van der Waals surface area contributed by atoms with Crippen LogP contribution in [0.25, 0.3) is 0 Å². The van der Waals surface area contributed by atoms with Crippen molar-refractivity contribution in [1.82, 2.24) is 5.32 Å². The minimum Gasteiger partial charge on any atom is -0.375 e. The number of likely N-dealkylation sites (N-methyl/N-ethyl adjacent to an activating group) is 1. The summed E-state index contributed by atoms with van der Waals surface area (Å²) in [7, 11) is 1.71. The fraction of sp³-hybridized carbons (Fsp3) is 0.455. The van der Waals surface area contributed by atoms with Crippen molar-refractivity contribution >= 4 is 0 Å². The number of hydrogen-bond donors (Lipinski definition) is 1. The average molecular weight is 231 g/mol. The number of halogens is 3. The van der Waals surface area contributed by atoms with Crippen molar-refractivity contribution in [2.24, 2.45) is 0 Å². The Morgan fingerprint density at radius 1 is 1.38 bits per heavy atom. The number of ether oxygens (including phenoxy) is 1. The first-order chi connectivity index (χ1) is 7.52. The quantitative estimate of drug-likeness (QED) is 0.801. The molecule has 0 aromatic heterocycles. The maximum absolute atomic E-state index is 12.5. The Kier molecular flexibility index (Phi) is 2.90. The van der Waals surface area contributed by atoms with Gasteiger partial charge in [0.05, 0.1) is 24.8 Å². The van der Waals surface area contributed by atoms with Crippen molar-refractivity contribution in [2.45, 2.75) is 18.8 Å². The lowest BCUT2D eigenvalue weighted by Crippen LogP contribution is -2.27. The molecule has 2 nitrogen and oxygen atoms in total. The van der Waals surface area contributed by atoms with Crippen LogP contribution < -0.4 is 5.32 Å². The number of alkyl halides is 3. The van der Waals surface area contributed by atoms with Gasteiger partial charge in [-0.2, -0.15) is 13.2 Å². The van der Waals surface area contributed by atoms with E-state index in [0.29, 0.717) is 18.8 Å². The second-order valence-electron chi connectivity index (χ2n) is 3.77. The van der Waals surface area contributed by atoms with Crippen LogP contribution in [0, 0.1) is 0 Å². The minimum absolute atomic E-state index is 0.161. The lowest BCUT2D eigenvalue weighted by atomic mass is 9.96. The first kappa shape index (κ1) is 11.4. The van der Waals surface area contributed by atoms with Crippen LogP contribution in [0.5, 0.6) is 0 Å². The molecule has 1 N–H and O–H groups in total. The van der Waals surface area contributed by atoms with Gasteiger partial charge in [-0.3, -0.25) is 0 Å². The largest absolute Gasteiger partial charge is 0.416 e. The first-order valence-electron chi connectivity index (χ1n) is 4.97. The first-order valence-corrected chi connectivity index (χ1v) is 4.97. The van der Waals surface area contributed by atoms with Gasteiger partial charge in [-0.25, -0.2) is 0 Å². The van der Waals surface area contributed by atoms with E-state index in [1.54, 1.807) is 7.05 Å². The van der Waals surface area contributed by atoms with Gasteiger partial charge in [-0.05, 0) is 30.3 Å². The van der Waals surface area contributed by atoms with Crippen molar-refractivity contribution in [3.63, 3.8) is 0 Å². The van der Waals surface area contributed by atoms with Crippen molar-refractivity contribution < 1.29 is 17.9 Å². The van der Waals surface area contributed by atoms with Gasteiger partial charge in [0.1, 0.15) is 0 Å². The van der Waals surface area contributed by atoms with Crippen LogP contribution in [0.4, 0.5) is 13.2 Å². The molecule has 1 aromatic carbocycles. The molecule has 2 rings (SSSR count). The molecule has 0 saturated carbocycles. The Bertz CT molecular complexity index is 389. The van der Waals surface area contributed by atoms with Gasteiger partial charge in [0.2, 0.25) is 0 Å². The highest BCUT2D eigenvalue weighted by atomic mass is 19.4. The summed E-state index contributed by atoms with van der Waals surface area (Å²) < 4.78 is 42.9. The van der Waals surface area contributed by atoms with Crippen molar-refractivity contribution in [1.29, 1.82) is 0 Å². The Hall–Kier alpha value is -1.07. The molecule has 1 heterocycles. The molecule has 0 amide bonds. The van der Waals surface area contributed by atoms with Crippen LogP contribution >= 0.6 is 0 Å². The van der Waals surface area contributed by atoms with Crippen molar-refractivity contribution in [3.8, 4) is 0 Å². The summed E-state index contributed by atoms with van der Waals surface area (Å²) in [4.78, 5) is 0. The van der Waals surface area contributed by atoms with E-state index in [-0.39, 0.29) is 6.04 Å². The molecule has 16 heavy (non-hydrogen) atoms. The molecule has 0 unspecified atom stereocenters. The molecule has 1 aliphatic heterocycles. The molecule has 1 aliphatic rings. The highest BCUT2D eigenvalue weighted by Crippen LogP contribution is 2.33. The minimum atomic E-state index is -4.29. The normalized spacial score (nSPS) is 20.6. The highest BCUT2D eigenvalue weighted by molar-refractivity contribution is 5.36. The smallest absolute Gasteiger partial charge is 0.375 e. The van der Waals surface area contributed by atoms with Gasteiger partial charge in [0, 0.05) is 0 Å². The number of fused-ring (bicyclic) bond motifs is 1. The molecule has 0 bridgehead atoms. The van der Waals surface area contributed by atoms with Crippen LogP contribution in [0.3, 0.4) is 0 Å². The van der Waals surface area contributed by atoms with Crippen LogP contribution in [-0.2, 0) is 17.5 Å². The molecule has 0 saturated heterocycles. The highest BCUT2D eigenvalue weighted by Gasteiger charge is 2.32. The van der Waals surface area contributed by atoms with Crippen LogP contribution in [0.2, 0.25) is 0 Å². The Labute approximate surface area is 91.4 Å². The summed E-state index contributed by atoms with van der Waals surface area (Å²) in [6.07, 6.45) is -4.29. The van der Waals surface area contributed by atoms with E-state index in [1.807, 2.05) is 0 Å². The maximum Gasteiger partial charge on any atom is 0.416 e. The van der Waals surface area contributed by atoms with E-state index >= 15 is 0 Å². The van der Waals surface area contributed by atoms with Crippen LogP contribution in [-0.4, -0.2) is 13.7 Å². The Balaban J connectivity index is 2.43. The number of benzene rings is 1. The maximum atomic E-state index is 12.5. The van der Waals surface area contributed by atoms with Gasteiger partial charge in [-0.15, -0.1) is 0 Å². The lowest BCUT2D eigenvalue weighted by Gasteiger charge is -2.26. The Morgan fingerprint density at radius 2 is 2.12 bits per heavy atom. The molecular weight excluding hydrogens is 219 g/mol. The summed E-state index contributed by atoms with van der Waals surface area (Å²) in [6.45, 7) is 0.788. The molecule has 0 spiro atoms. The van der Waals surface area contributed by atoms with Crippen molar-refractivity contribution in [3.05, 3.63) is 34.9 Å². The molecule has 1 aromatic rings. The zero-order valence-corrected chi connectivity index (χ0v) is 8.77. The number of nitrogens with one attached hydrogen (secondary N) is 1. The molecule has 1 atom stereocenters. The van der Waals surface area contributed by atoms with E-state index in [4.69, 9.17) is 4.74 Å². The van der Waals surface area contributed by atoms with Crippen molar-refractivity contribution in [2.75, 3.05) is 13.7 Å². The van der Waals surface area contributed by atoms with Crippen LogP contribution in [0.15, 0.2) is 18.2 Å². The summed E-state index contributed by atoms with van der Waals surface area (Å²) in [5.74, 6) is 0. The number of rotatable bonds is 1. The summed E-state index contributed by atoms with van der Waals surface area (Å²) >= 11 is 0. The number of hydrogen-bond acceptors (Lipinski definition) is 2. The third-order valence-corrected chi connectivity index (χ3v) is 2.74. The average Bonchev–Trinajstić information content (AvgIpc) is 2.26. The molecular formula is C11H12F3NO. The summed E-state index contributed by atoms with van der Waals surface area (Å²) in [5, 5.41) is 2.95. The monoisotopic (exact) mass is 231 g/mol. The fourth-order valence-electron chi connectivity index (χ4n) is 1.84. The molecule has 88 valence electrons. The second kappa shape index (κ2) is 4.07. The SMILES string of the molecule is CN[C@H]1COCc2ccc(C(F)(F)F)cc21. The molecule has 0 radical (unpaired) electrons. The van der Waals surface area contributed by atoms with Gasteiger partial charge in [-0.1, -0.05) is 6.07 Å². The fourth-order valence-corrected chi connectivity index (χ4v) is 1.84. The zero-order chi connectivity index (χ0) is 11.8. The predicted octanol–water partition coefficient (Wildman–Crippen LogP) is 2.50. The zero-order valence-electron chi connectivity index (χ0n) is 8.77. The lowest BCUT2D eigenvalue weighted by molar-refractivity contribution is -0.137. The second-order valence-corrected chi connectivity index (χ2v) is 3.77. The standard InChI is InChI=1S/C11H12F3NO/c1-15-10-6-16-5-7-2-3-8(4-9(7)10)11(12,13)14/h2-4,10,15H,5-6H2,1H3/t10-/m0/s1. The van der Waals surface area contributed by atoms with Gasteiger partial charge in [0.15, 0.2) is 0 Å². The topological polar surface area (TPSA) is 21.3 Å². The summed E-state index contributed by atoms with van der Waals surface area (Å²) in [5.41, 5.74) is 0.899. The third kappa shape index (κ3) is 2.05. The van der Waals surface area contributed by atoms with Gasteiger partial charge in [0.25, 0.3) is 0 Å².